The van der Waals surface area contributed by atoms with Crippen molar-refractivity contribution in [2.24, 2.45) is 0 Å². The van der Waals surface area contributed by atoms with Crippen LogP contribution in [0.2, 0.25) is 0 Å². The molecule has 1 aromatic carbocycles. The molecule has 1 aliphatic rings. The Hall–Kier alpha value is -1.61. The average molecular weight is 259 g/mol. The second kappa shape index (κ2) is 6.02. The molecule has 0 aliphatic carbocycles. The molecule has 3 nitrogen and oxygen atoms in total. The number of nitrogens with zero attached hydrogens (tertiary/aromatic N) is 1. The summed E-state index contributed by atoms with van der Waals surface area (Å²) in [5.74, 6) is 0.0248. The lowest BCUT2D eigenvalue weighted by Gasteiger charge is -2.50. The quantitative estimate of drug-likeness (QED) is 0.581. The summed E-state index contributed by atoms with van der Waals surface area (Å²) in [4.78, 5) is 13.5. The smallest absolute Gasteiger partial charge is 0.246 e. The number of carbonyl (C=O) groups is 1. The molecule has 1 aliphatic heterocycles. The van der Waals surface area contributed by atoms with Gasteiger partial charge >= 0.3 is 0 Å². The van der Waals surface area contributed by atoms with Gasteiger partial charge in [0.15, 0.2) is 0 Å². The third-order valence-electron chi connectivity index (χ3n) is 3.86. The standard InChI is InChI=1S/C16H21NO2/c1-3-15(18)17-11-9-16(17,2)10-12-19-13-14-7-5-4-6-8-14/h3-8H,1,9-13H2,2H3. The van der Waals surface area contributed by atoms with Crippen molar-refractivity contribution in [1.82, 2.24) is 4.90 Å². The van der Waals surface area contributed by atoms with E-state index in [4.69, 9.17) is 4.74 Å². The van der Waals surface area contributed by atoms with Crippen LogP contribution < -0.4 is 0 Å². The van der Waals surface area contributed by atoms with E-state index >= 15 is 0 Å². The fourth-order valence-corrected chi connectivity index (χ4v) is 2.41. The summed E-state index contributed by atoms with van der Waals surface area (Å²) >= 11 is 0. The van der Waals surface area contributed by atoms with Crippen LogP contribution in [-0.4, -0.2) is 29.5 Å². The van der Waals surface area contributed by atoms with E-state index < -0.39 is 0 Å². The predicted octanol–water partition coefficient (Wildman–Crippen LogP) is 2.77. The minimum absolute atomic E-state index is 0.0248. The molecule has 19 heavy (non-hydrogen) atoms. The third-order valence-corrected chi connectivity index (χ3v) is 3.86. The highest BCUT2D eigenvalue weighted by Gasteiger charge is 2.41. The van der Waals surface area contributed by atoms with Gasteiger partial charge in [-0.1, -0.05) is 36.9 Å². The van der Waals surface area contributed by atoms with Crippen molar-refractivity contribution >= 4 is 5.91 Å². The van der Waals surface area contributed by atoms with E-state index in [1.165, 1.54) is 11.6 Å². The van der Waals surface area contributed by atoms with Gasteiger partial charge in [0.2, 0.25) is 5.91 Å². The fourth-order valence-electron chi connectivity index (χ4n) is 2.41. The van der Waals surface area contributed by atoms with Gasteiger partial charge in [-0.25, -0.2) is 0 Å². The Bertz CT molecular complexity index is 443. The first-order chi connectivity index (χ1) is 9.15. The van der Waals surface area contributed by atoms with Crippen LogP contribution >= 0.6 is 0 Å². The fraction of sp³-hybridized carbons (Fsp3) is 0.438. The number of rotatable bonds is 6. The first-order valence-corrected chi connectivity index (χ1v) is 6.71. The molecule has 0 bridgehead atoms. The van der Waals surface area contributed by atoms with E-state index in [0.717, 1.165) is 19.4 Å². The summed E-state index contributed by atoms with van der Waals surface area (Å²) in [6, 6.07) is 10.1. The van der Waals surface area contributed by atoms with Crippen LogP contribution in [0.4, 0.5) is 0 Å². The molecular formula is C16H21NO2. The summed E-state index contributed by atoms with van der Waals surface area (Å²) in [7, 11) is 0. The van der Waals surface area contributed by atoms with Gasteiger partial charge in [0.1, 0.15) is 0 Å². The molecule has 0 N–H and O–H groups in total. The molecule has 1 saturated heterocycles. The van der Waals surface area contributed by atoms with Crippen LogP contribution in [0.5, 0.6) is 0 Å². The molecule has 1 unspecified atom stereocenters. The largest absolute Gasteiger partial charge is 0.377 e. The molecule has 0 radical (unpaired) electrons. The first kappa shape index (κ1) is 13.8. The van der Waals surface area contributed by atoms with E-state index in [-0.39, 0.29) is 11.4 Å². The molecule has 1 atom stereocenters. The molecule has 2 rings (SSSR count). The van der Waals surface area contributed by atoms with E-state index in [1.54, 1.807) is 0 Å². The molecule has 102 valence electrons. The van der Waals surface area contributed by atoms with Crippen LogP contribution in [0.3, 0.4) is 0 Å². The van der Waals surface area contributed by atoms with Crippen molar-refractivity contribution < 1.29 is 9.53 Å². The Morgan fingerprint density at radius 2 is 2.21 bits per heavy atom. The van der Waals surface area contributed by atoms with Gasteiger partial charge in [-0.3, -0.25) is 4.79 Å². The van der Waals surface area contributed by atoms with Gasteiger partial charge < -0.3 is 9.64 Å². The van der Waals surface area contributed by atoms with Crippen molar-refractivity contribution in [2.45, 2.75) is 31.9 Å². The highest BCUT2D eigenvalue weighted by Crippen LogP contribution is 2.33. The first-order valence-electron chi connectivity index (χ1n) is 6.71. The lowest BCUT2D eigenvalue weighted by atomic mass is 9.83. The minimum atomic E-state index is -0.0536. The molecule has 3 heteroatoms. The molecule has 1 aromatic rings. The minimum Gasteiger partial charge on any atom is -0.377 e. The molecule has 0 saturated carbocycles. The molecule has 0 spiro atoms. The van der Waals surface area contributed by atoms with Crippen molar-refractivity contribution in [3.05, 3.63) is 48.6 Å². The summed E-state index contributed by atoms with van der Waals surface area (Å²) in [6.07, 6.45) is 3.31. The van der Waals surface area contributed by atoms with E-state index in [9.17, 15) is 4.79 Å². The maximum Gasteiger partial charge on any atom is 0.246 e. The van der Waals surface area contributed by atoms with Gasteiger partial charge in [0, 0.05) is 18.7 Å². The van der Waals surface area contributed by atoms with Gasteiger partial charge in [0.05, 0.1) is 6.61 Å². The zero-order chi connectivity index (χ0) is 13.7. The molecule has 0 aromatic heterocycles. The number of hydrogen-bond donors (Lipinski definition) is 0. The normalized spacial score (nSPS) is 21.8. The number of hydrogen-bond acceptors (Lipinski definition) is 2. The number of likely N-dealkylation sites (tertiary alicyclic amines) is 1. The summed E-state index contributed by atoms with van der Waals surface area (Å²) in [6.45, 7) is 7.80. The molecule has 1 fully saturated rings. The SMILES string of the molecule is C=CC(=O)N1CCC1(C)CCOCc1ccccc1. The van der Waals surface area contributed by atoms with Gasteiger partial charge in [-0.2, -0.15) is 0 Å². The van der Waals surface area contributed by atoms with Gasteiger partial charge in [0.25, 0.3) is 0 Å². The Morgan fingerprint density at radius 1 is 1.47 bits per heavy atom. The van der Waals surface area contributed by atoms with Crippen LogP contribution in [0.25, 0.3) is 0 Å². The van der Waals surface area contributed by atoms with Crippen LogP contribution in [0, 0.1) is 0 Å². The van der Waals surface area contributed by atoms with Gasteiger partial charge in [-0.05, 0) is 31.4 Å². The van der Waals surface area contributed by atoms with E-state index in [1.807, 2.05) is 23.1 Å². The summed E-state index contributed by atoms with van der Waals surface area (Å²) in [5, 5.41) is 0. The Kier molecular flexibility index (Phi) is 4.38. The Labute approximate surface area is 114 Å². The Morgan fingerprint density at radius 3 is 2.79 bits per heavy atom. The monoisotopic (exact) mass is 259 g/mol. The van der Waals surface area contributed by atoms with Crippen molar-refractivity contribution in [3.63, 3.8) is 0 Å². The average Bonchev–Trinajstić information content (AvgIpc) is 2.43. The van der Waals surface area contributed by atoms with Crippen LogP contribution in [-0.2, 0) is 16.1 Å². The Balaban J connectivity index is 1.74. The van der Waals surface area contributed by atoms with Crippen LogP contribution in [0.15, 0.2) is 43.0 Å². The van der Waals surface area contributed by atoms with Crippen LogP contribution in [0.1, 0.15) is 25.3 Å². The number of benzene rings is 1. The highest BCUT2D eigenvalue weighted by atomic mass is 16.5. The molecular weight excluding hydrogens is 238 g/mol. The second-order valence-electron chi connectivity index (χ2n) is 5.23. The lowest BCUT2D eigenvalue weighted by molar-refractivity contribution is -0.142. The third kappa shape index (κ3) is 3.24. The van der Waals surface area contributed by atoms with Crippen molar-refractivity contribution in [1.29, 1.82) is 0 Å². The molecule has 1 heterocycles. The summed E-state index contributed by atoms with van der Waals surface area (Å²) in [5.41, 5.74) is 1.13. The number of ether oxygens (including phenoxy) is 1. The zero-order valence-corrected chi connectivity index (χ0v) is 11.5. The zero-order valence-electron chi connectivity index (χ0n) is 11.5. The maximum absolute atomic E-state index is 11.6. The topological polar surface area (TPSA) is 29.5 Å². The maximum atomic E-state index is 11.6. The highest BCUT2D eigenvalue weighted by molar-refractivity contribution is 5.88. The van der Waals surface area contributed by atoms with E-state index in [2.05, 4.69) is 25.6 Å². The second-order valence-corrected chi connectivity index (χ2v) is 5.23. The summed E-state index contributed by atoms with van der Waals surface area (Å²) < 4.78 is 5.69. The van der Waals surface area contributed by atoms with E-state index in [0.29, 0.717) is 13.2 Å². The number of amides is 1. The molecule has 1 amide bonds. The van der Waals surface area contributed by atoms with Crippen molar-refractivity contribution in [2.75, 3.05) is 13.2 Å². The van der Waals surface area contributed by atoms with Crippen molar-refractivity contribution in [3.8, 4) is 0 Å². The lowest BCUT2D eigenvalue weighted by Crippen LogP contribution is -2.60. The number of carbonyl (C=O) groups excluding carboxylic acids is 1. The predicted molar refractivity (Wildman–Crippen MR) is 75.6 cm³/mol. The van der Waals surface area contributed by atoms with Gasteiger partial charge in [-0.15, -0.1) is 0 Å².